The van der Waals surface area contributed by atoms with E-state index in [-0.39, 0.29) is 16.2 Å². The summed E-state index contributed by atoms with van der Waals surface area (Å²) in [6.07, 6.45) is 19.3. The quantitative estimate of drug-likeness (QED) is 0.163. The van der Waals surface area contributed by atoms with Gasteiger partial charge in [0.15, 0.2) is 0 Å². The van der Waals surface area contributed by atoms with Crippen molar-refractivity contribution in [1.82, 2.24) is 0 Å². The van der Waals surface area contributed by atoms with Crippen LogP contribution in [-0.4, -0.2) is 0 Å². The summed E-state index contributed by atoms with van der Waals surface area (Å²) in [7, 11) is 0. The molecule has 0 aliphatic heterocycles. The van der Waals surface area contributed by atoms with Gasteiger partial charge in [0.05, 0.1) is 0 Å². The Morgan fingerprint density at radius 3 is 0.919 bits per heavy atom. The van der Waals surface area contributed by atoms with Crippen LogP contribution < -0.4 is 0 Å². The Labute approximate surface area is 367 Å². The molecule has 62 heavy (non-hydrogen) atoms. The van der Waals surface area contributed by atoms with E-state index in [1.807, 2.05) is 0 Å². The Hall–Kier alpha value is -5.72. The van der Waals surface area contributed by atoms with Gasteiger partial charge in [-0.05, 0) is 185 Å². The highest BCUT2D eigenvalue weighted by atomic mass is 14.5. The van der Waals surface area contributed by atoms with E-state index in [2.05, 4.69) is 146 Å². The van der Waals surface area contributed by atoms with Crippen LogP contribution >= 0.6 is 0 Å². The minimum absolute atomic E-state index is 0.0531. The highest BCUT2D eigenvalue weighted by Crippen LogP contribution is 2.66. The lowest BCUT2D eigenvalue weighted by molar-refractivity contribution is 0.348. The van der Waals surface area contributed by atoms with Gasteiger partial charge in [-0.3, -0.25) is 0 Å². The van der Waals surface area contributed by atoms with E-state index in [1.54, 1.807) is 66.8 Å². The highest BCUT2D eigenvalue weighted by molar-refractivity contribution is 6.11. The fourth-order valence-corrected chi connectivity index (χ4v) is 15.0. The van der Waals surface area contributed by atoms with Crippen molar-refractivity contribution in [2.45, 2.75) is 113 Å². The van der Waals surface area contributed by atoms with E-state index in [4.69, 9.17) is 0 Å². The lowest BCUT2D eigenvalue weighted by Gasteiger charge is -2.38. The maximum Gasteiger partial charge on any atom is 0.0215 e. The van der Waals surface area contributed by atoms with E-state index >= 15 is 0 Å². The van der Waals surface area contributed by atoms with Crippen molar-refractivity contribution in [3.8, 4) is 55.6 Å². The smallest absolute Gasteiger partial charge is 0.0215 e. The molecule has 14 rings (SSSR count). The van der Waals surface area contributed by atoms with Crippen LogP contribution in [0.25, 0.3) is 77.2 Å². The van der Waals surface area contributed by atoms with Crippen LogP contribution in [0.4, 0.5) is 0 Å². The SMILES string of the molecule is c1ccc(-c2cc3c(c4ccccc24)-c2cc4c(cc2C32CCCCC2)-c2cc3c(cc2C42CCCCC2)-c2c(cc(-c4ccccc4)c4ccccc24)C32CCCCC2)cc1. The van der Waals surface area contributed by atoms with Crippen molar-refractivity contribution in [1.29, 1.82) is 0 Å². The molecule has 6 aliphatic carbocycles. The fraction of sp³-hybridized carbons (Fsp3) is 0.290. The molecule has 0 atom stereocenters. The standard InChI is InChI=1S/C62H54/c1-6-20-40(21-7-1)46-34-56-58(44-26-12-10-24-42(44)46)50-38-52-48(36-54(50)61(56)30-16-4-17-31-61)49-37-55-51(39-53(49)60(52)28-14-3-15-29-60)59-45-27-13-11-25-43(45)47(41-22-8-2-9-23-41)35-57(59)62(55)32-18-5-19-33-62/h1-2,6-13,20-27,34-39H,3-5,14-19,28-33H2. The molecular formula is C62H54. The highest BCUT2D eigenvalue weighted by Gasteiger charge is 2.52. The number of hydrogen-bond donors (Lipinski definition) is 0. The van der Waals surface area contributed by atoms with Crippen LogP contribution in [0.5, 0.6) is 0 Å². The molecule has 0 unspecified atom stereocenters. The summed E-state index contributed by atoms with van der Waals surface area (Å²) in [5.74, 6) is 0. The van der Waals surface area contributed by atoms with Gasteiger partial charge >= 0.3 is 0 Å². The number of rotatable bonds is 2. The van der Waals surface area contributed by atoms with Crippen molar-refractivity contribution >= 4 is 21.5 Å². The first-order valence-electron chi connectivity index (χ1n) is 24.3. The fourth-order valence-electron chi connectivity index (χ4n) is 15.0. The minimum Gasteiger partial charge on any atom is -0.0622 e. The molecule has 8 aromatic carbocycles. The second kappa shape index (κ2) is 13.2. The third-order valence-corrected chi connectivity index (χ3v) is 17.6. The Kier molecular flexibility index (Phi) is 7.60. The molecule has 0 bridgehead atoms. The summed E-state index contributed by atoms with van der Waals surface area (Å²) in [6, 6.07) is 57.8. The predicted octanol–water partition coefficient (Wildman–Crippen LogP) is 17.0. The van der Waals surface area contributed by atoms with Gasteiger partial charge in [0.2, 0.25) is 0 Å². The van der Waals surface area contributed by atoms with Crippen molar-refractivity contribution in [3.63, 3.8) is 0 Å². The topological polar surface area (TPSA) is 0 Å². The lowest BCUT2D eigenvalue weighted by Crippen LogP contribution is -2.29. The van der Waals surface area contributed by atoms with Crippen LogP contribution in [0.3, 0.4) is 0 Å². The zero-order valence-corrected chi connectivity index (χ0v) is 36.0. The van der Waals surface area contributed by atoms with Gasteiger partial charge in [-0.2, -0.15) is 0 Å². The summed E-state index contributed by atoms with van der Waals surface area (Å²) < 4.78 is 0. The number of fused-ring (bicyclic) bond motifs is 19. The molecule has 0 nitrogen and oxygen atoms in total. The van der Waals surface area contributed by atoms with E-state index < -0.39 is 0 Å². The second-order valence-corrected chi connectivity index (χ2v) is 20.3. The van der Waals surface area contributed by atoms with Gasteiger partial charge in [0.1, 0.15) is 0 Å². The van der Waals surface area contributed by atoms with E-state index in [0.29, 0.717) is 0 Å². The molecule has 3 saturated carbocycles. The molecule has 6 aliphatic rings. The third-order valence-electron chi connectivity index (χ3n) is 17.6. The molecular weight excluding hydrogens is 745 g/mol. The molecule has 0 N–H and O–H groups in total. The van der Waals surface area contributed by atoms with Gasteiger partial charge in [-0.15, -0.1) is 0 Å². The zero-order chi connectivity index (χ0) is 40.6. The van der Waals surface area contributed by atoms with Crippen molar-refractivity contribution in [2.24, 2.45) is 0 Å². The minimum atomic E-state index is 0.0531. The molecule has 0 heterocycles. The molecule has 302 valence electrons. The molecule has 3 fully saturated rings. The molecule has 3 spiro atoms. The first kappa shape index (κ1) is 35.8. The summed E-state index contributed by atoms with van der Waals surface area (Å²) in [4.78, 5) is 0. The molecule has 0 saturated heterocycles. The van der Waals surface area contributed by atoms with E-state index in [1.165, 1.54) is 140 Å². The van der Waals surface area contributed by atoms with Crippen molar-refractivity contribution in [2.75, 3.05) is 0 Å². The van der Waals surface area contributed by atoms with Crippen molar-refractivity contribution < 1.29 is 0 Å². The molecule has 8 aromatic rings. The first-order chi connectivity index (χ1) is 30.7. The van der Waals surface area contributed by atoms with Crippen LogP contribution in [0.15, 0.2) is 146 Å². The van der Waals surface area contributed by atoms with Gasteiger partial charge in [-0.25, -0.2) is 0 Å². The van der Waals surface area contributed by atoms with E-state index in [9.17, 15) is 0 Å². The maximum absolute atomic E-state index is 2.82. The van der Waals surface area contributed by atoms with Crippen molar-refractivity contribution in [3.05, 3.63) is 179 Å². The molecule has 0 aromatic heterocycles. The first-order valence-corrected chi connectivity index (χ1v) is 24.3. The van der Waals surface area contributed by atoms with Crippen LogP contribution in [0.2, 0.25) is 0 Å². The lowest BCUT2D eigenvalue weighted by atomic mass is 9.65. The summed E-state index contributed by atoms with van der Waals surface area (Å²) >= 11 is 0. The monoisotopic (exact) mass is 798 g/mol. The molecule has 0 amide bonds. The normalized spacial score (nSPS) is 19.4. The number of hydrogen-bond acceptors (Lipinski definition) is 0. The van der Waals surface area contributed by atoms with Crippen LogP contribution in [0.1, 0.15) is 130 Å². The average Bonchev–Trinajstić information content (AvgIpc) is 3.86. The van der Waals surface area contributed by atoms with E-state index in [0.717, 1.165) is 0 Å². The molecule has 0 radical (unpaired) electrons. The Morgan fingerprint density at radius 2 is 0.532 bits per heavy atom. The van der Waals surface area contributed by atoms with Gasteiger partial charge in [0.25, 0.3) is 0 Å². The molecule has 0 heteroatoms. The second-order valence-electron chi connectivity index (χ2n) is 20.3. The van der Waals surface area contributed by atoms with Crippen LogP contribution in [-0.2, 0) is 16.2 Å². The maximum atomic E-state index is 2.82. The summed E-state index contributed by atoms with van der Waals surface area (Å²) in [6.45, 7) is 0. The van der Waals surface area contributed by atoms with Gasteiger partial charge in [-0.1, -0.05) is 167 Å². The summed E-state index contributed by atoms with van der Waals surface area (Å²) in [5.41, 5.74) is 24.7. The Bertz CT molecular complexity index is 2940. The summed E-state index contributed by atoms with van der Waals surface area (Å²) in [5, 5.41) is 5.67. The van der Waals surface area contributed by atoms with Gasteiger partial charge in [0, 0.05) is 16.2 Å². The zero-order valence-electron chi connectivity index (χ0n) is 36.0. The average molecular weight is 799 g/mol. The third kappa shape index (κ3) is 4.64. The predicted molar refractivity (Wildman–Crippen MR) is 260 cm³/mol. The van der Waals surface area contributed by atoms with Crippen LogP contribution in [0, 0.1) is 0 Å². The number of benzene rings is 8. The Balaban J connectivity index is 1.05. The Morgan fingerprint density at radius 1 is 0.242 bits per heavy atom. The largest absolute Gasteiger partial charge is 0.0622 e. The van der Waals surface area contributed by atoms with Gasteiger partial charge < -0.3 is 0 Å².